The van der Waals surface area contributed by atoms with Gasteiger partial charge in [0.05, 0.1) is 33.0 Å². The summed E-state index contributed by atoms with van der Waals surface area (Å²) < 4.78 is 16.0. The first-order valence-corrected chi connectivity index (χ1v) is 8.41. The molecule has 0 aromatic heterocycles. The summed E-state index contributed by atoms with van der Waals surface area (Å²) in [4.78, 5) is 2.59. The monoisotopic (exact) mass is 302 g/mol. The van der Waals surface area contributed by atoms with E-state index in [0.29, 0.717) is 38.5 Å². The number of ether oxygens (including phenoxy) is 3. The zero-order valence-corrected chi connectivity index (χ0v) is 14.1. The maximum atomic E-state index is 5.68. The summed E-state index contributed by atoms with van der Waals surface area (Å²) in [7, 11) is 1.68. The first-order valence-electron chi connectivity index (χ1n) is 8.41. The highest BCUT2D eigenvalue weighted by Crippen LogP contribution is 2.19. The van der Waals surface area contributed by atoms with Crippen molar-refractivity contribution >= 4 is 0 Å². The van der Waals surface area contributed by atoms with Crippen molar-refractivity contribution in [2.45, 2.75) is 45.2 Å². The predicted molar refractivity (Wildman–Crippen MR) is 85.9 cm³/mol. The standard InChI is InChI=1S/C16H34N2O3/c1-4-17-15(2)16-7-5-6-8-18(16)9-10-20-13-14-21-12-11-19-3/h15-17H,4-14H2,1-3H3. The summed E-state index contributed by atoms with van der Waals surface area (Å²) >= 11 is 0. The number of piperidine rings is 1. The minimum Gasteiger partial charge on any atom is -0.382 e. The van der Waals surface area contributed by atoms with Gasteiger partial charge in [0.15, 0.2) is 0 Å². The molecular weight excluding hydrogens is 268 g/mol. The van der Waals surface area contributed by atoms with E-state index in [0.717, 1.165) is 19.7 Å². The lowest BCUT2D eigenvalue weighted by molar-refractivity contribution is 0.0116. The van der Waals surface area contributed by atoms with Crippen LogP contribution in [0.25, 0.3) is 0 Å². The van der Waals surface area contributed by atoms with E-state index in [1.54, 1.807) is 7.11 Å². The molecule has 0 aliphatic carbocycles. The van der Waals surface area contributed by atoms with Crippen LogP contribution in [0.1, 0.15) is 33.1 Å². The van der Waals surface area contributed by atoms with Gasteiger partial charge in [0.2, 0.25) is 0 Å². The van der Waals surface area contributed by atoms with Crippen molar-refractivity contribution < 1.29 is 14.2 Å². The van der Waals surface area contributed by atoms with Gasteiger partial charge in [-0.3, -0.25) is 4.90 Å². The smallest absolute Gasteiger partial charge is 0.0701 e. The predicted octanol–water partition coefficient (Wildman–Crippen LogP) is 1.52. The van der Waals surface area contributed by atoms with Gasteiger partial charge in [-0.1, -0.05) is 13.3 Å². The van der Waals surface area contributed by atoms with E-state index < -0.39 is 0 Å². The van der Waals surface area contributed by atoms with Crippen LogP contribution < -0.4 is 5.32 Å². The van der Waals surface area contributed by atoms with E-state index in [4.69, 9.17) is 14.2 Å². The Hall–Kier alpha value is -0.200. The molecule has 5 nitrogen and oxygen atoms in total. The molecule has 1 heterocycles. The molecule has 2 atom stereocenters. The summed E-state index contributed by atoms with van der Waals surface area (Å²) in [6.07, 6.45) is 3.97. The molecule has 1 N–H and O–H groups in total. The summed E-state index contributed by atoms with van der Waals surface area (Å²) in [5, 5.41) is 3.56. The number of likely N-dealkylation sites (tertiary alicyclic amines) is 1. The lowest BCUT2D eigenvalue weighted by Gasteiger charge is -2.39. The van der Waals surface area contributed by atoms with E-state index >= 15 is 0 Å². The van der Waals surface area contributed by atoms with Crippen LogP contribution in [0, 0.1) is 0 Å². The molecule has 126 valence electrons. The molecule has 1 fully saturated rings. The maximum absolute atomic E-state index is 5.68. The molecule has 2 unspecified atom stereocenters. The van der Waals surface area contributed by atoms with Crippen LogP contribution in [0.15, 0.2) is 0 Å². The molecule has 0 amide bonds. The van der Waals surface area contributed by atoms with Gasteiger partial charge in [-0.05, 0) is 32.9 Å². The van der Waals surface area contributed by atoms with Crippen molar-refractivity contribution in [3.63, 3.8) is 0 Å². The SMILES string of the molecule is CCNC(C)C1CCCCN1CCOCCOCCOC. The zero-order valence-electron chi connectivity index (χ0n) is 14.1. The van der Waals surface area contributed by atoms with Crippen molar-refractivity contribution in [2.75, 3.05) is 59.8 Å². The van der Waals surface area contributed by atoms with Gasteiger partial charge in [0.1, 0.15) is 0 Å². The van der Waals surface area contributed by atoms with E-state index in [9.17, 15) is 0 Å². The van der Waals surface area contributed by atoms with Crippen LogP contribution in [-0.4, -0.2) is 76.8 Å². The third-order valence-corrected chi connectivity index (χ3v) is 4.09. The van der Waals surface area contributed by atoms with Crippen molar-refractivity contribution in [3.8, 4) is 0 Å². The van der Waals surface area contributed by atoms with Crippen molar-refractivity contribution in [3.05, 3.63) is 0 Å². The fourth-order valence-corrected chi connectivity index (χ4v) is 2.96. The van der Waals surface area contributed by atoms with Crippen LogP contribution in [0.5, 0.6) is 0 Å². The minimum absolute atomic E-state index is 0.563. The number of likely N-dealkylation sites (N-methyl/N-ethyl adjacent to an activating group) is 1. The lowest BCUT2D eigenvalue weighted by Crippen LogP contribution is -2.51. The molecule has 0 saturated carbocycles. The highest BCUT2D eigenvalue weighted by Gasteiger charge is 2.26. The second-order valence-corrected chi connectivity index (χ2v) is 5.66. The largest absolute Gasteiger partial charge is 0.382 e. The first-order chi connectivity index (χ1) is 10.3. The van der Waals surface area contributed by atoms with Crippen LogP contribution >= 0.6 is 0 Å². The number of nitrogens with zero attached hydrogens (tertiary/aromatic N) is 1. The highest BCUT2D eigenvalue weighted by molar-refractivity contribution is 4.84. The van der Waals surface area contributed by atoms with Crippen LogP contribution in [0.3, 0.4) is 0 Å². The second kappa shape index (κ2) is 12.4. The average molecular weight is 302 g/mol. The normalized spacial score (nSPS) is 21.6. The van der Waals surface area contributed by atoms with Crippen molar-refractivity contribution in [1.29, 1.82) is 0 Å². The number of methoxy groups -OCH3 is 1. The van der Waals surface area contributed by atoms with Crippen LogP contribution in [0.2, 0.25) is 0 Å². The average Bonchev–Trinajstić information content (AvgIpc) is 2.50. The second-order valence-electron chi connectivity index (χ2n) is 5.66. The van der Waals surface area contributed by atoms with Gasteiger partial charge in [-0.25, -0.2) is 0 Å². The van der Waals surface area contributed by atoms with E-state index in [1.807, 2.05) is 0 Å². The zero-order chi connectivity index (χ0) is 15.3. The topological polar surface area (TPSA) is 43.0 Å². The van der Waals surface area contributed by atoms with Crippen LogP contribution in [0.4, 0.5) is 0 Å². The Bertz CT molecular complexity index is 242. The quantitative estimate of drug-likeness (QED) is 0.554. The minimum atomic E-state index is 0.563. The van der Waals surface area contributed by atoms with Gasteiger partial charge in [0.25, 0.3) is 0 Å². The maximum Gasteiger partial charge on any atom is 0.0701 e. The van der Waals surface area contributed by atoms with Crippen LogP contribution in [-0.2, 0) is 14.2 Å². The van der Waals surface area contributed by atoms with E-state index in [1.165, 1.54) is 25.8 Å². The fourth-order valence-electron chi connectivity index (χ4n) is 2.96. The van der Waals surface area contributed by atoms with Crippen molar-refractivity contribution in [1.82, 2.24) is 10.2 Å². The molecule has 0 radical (unpaired) electrons. The summed E-state index contributed by atoms with van der Waals surface area (Å²) in [6.45, 7) is 11.2. The molecular formula is C16H34N2O3. The Morgan fingerprint density at radius 2 is 1.81 bits per heavy atom. The lowest BCUT2D eigenvalue weighted by atomic mass is 9.96. The molecule has 0 bridgehead atoms. The summed E-state index contributed by atoms with van der Waals surface area (Å²) in [5.41, 5.74) is 0. The Balaban J connectivity index is 2.10. The Morgan fingerprint density at radius 1 is 1.10 bits per heavy atom. The number of hydrogen-bond acceptors (Lipinski definition) is 5. The number of hydrogen-bond donors (Lipinski definition) is 1. The fraction of sp³-hybridized carbons (Fsp3) is 1.00. The van der Waals surface area contributed by atoms with Gasteiger partial charge in [-0.2, -0.15) is 0 Å². The number of nitrogens with one attached hydrogen (secondary N) is 1. The molecule has 0 spiro atoms. The molecule has 1 aliphatic heterocycles. The molecule has 5 heteroatoms. The van der Waals surface area contributed by atoms with Gasteiger partial charge in [0, 0.05) is 25.7 Å². The molecule has 0 aromatic carbocycles. The molecule has 1 rings (SSSR count). The third kappa shape index (κ3) is 8.12. The molecule has 21 heavy (non-hydrogen) atoms. The summed E-state index contributed by atoms with van der Waals surface area (Å²) in [6, 6.07) is 1.22. The number of rotatable bonds is 12. The first kappa shape index (κ1) is 18.8. The molecule has 1 saturated heterocycles. The molecule has 0 aromatic rings. The third-order valence-electron chi connectivity index (χ3n) is 4.09. The van der Waals surface area contributed by atoms with Gasteiger partial charge < -0.3 is 19.5 Å². The Labute approximate surface area is 130 Å². The highest BCUT2D eigenvalue weighted by atomic mass is 16.5. The molecule has 1 aliphatic rings. The van der Waals surface area contributed by atoms with Gasteiger partial charge >= 0.3 is 0 Å². The van der Waals surface area contributed by atoms with E-state index in [-0.39, 0.29) is 0 Å². The van der Waals surface area contributed by atoms with E-state index in [2.05, 4.69) is 24.1 Å². The summed E-state index contributed by atoms with van der Waals surface area (Å²) in [5.74, 6) is 0. The van der Waals surface area contributed by atoms with Crippen molar-refractivity contribution in [2.24, 2.45) is 0 Å². The van der Waals surface area contributed by atoms with Gasteiger partial charge in [-0.15, -0.1) is 0 Å². The Morgan fingerprint density at radius 3 is 2.52 bits per heavy atom. The Kier molecular flexibility index (Phi) is 11.1.